The molecule has 1 saturated carbocycles. The van der Waals surface area contributed by atoms with Crippen LogP contribution in [-0.2, 0) is 9.47 Å². The standard InChI is InChI=1S/C11H12F2N2O2.C7H6FNO2/c1-17-10(16)8-3-2-4-14-9(8)15-7-5-11(12,13)6-7;1-11-7(10)5-3-2-4-9-6(5)8/h2-4,7H,5-6H2,1H3,(H,14,15);2-4H,1H3. The van der Waals surface area contributed by atoms with Crippen molar-refractivity contribution in [1.29, 1.82) is 0 Å². The lowest BCUT2D eigenvalue weighted by molar-refractivity contribution is -0.0794. The van der Waals surface area contributed by atoms with Gasteiger partial charge in [0.1, 0.15) is 16.9 Å². The van der Waals surface area contributed by atoms with E-state index in [1.807, 2.05) is 0 Å². The molecule has 0 atom stereocenters. The smallest absolute Gasteiger partial charge is 0.342 e. The molecule has 0 bridgehead atoms. The van der Waals surface area contributed by atoms with E-state index in [1.54, 1.807) is 6.07 Å². The number of carbonyl (C=O) groups excluding carboxylic acids is 2. The lowest BCUT2D eigenvalue weighted by atomic mass is 9.88. The molecule has 1 aliphatic rings. The molecule has 1 aliphatic carbocycles. The Morgan fingerprint density at radius 2 is 1.57 bits per heavy atom. The second-order valence-corrected chi connectivity index (χ2v) is 5.83. The fraction of sp³-hybridized carbons (Fsp3) is 0.333. The normalized spacial score (nSPS) is 14.8. The molecule has 0 unspecified atom stereocenters. The van der Waals surface area contributed by atoms with Crippen LogP contribution in [0.2, 0.25) is 0 Å². The first-order chi connectivity index (χ1) is 13.3. The van der Waals surface area contributed by atoms with Crippen LogP contribution in [0, 0.1) is 5.95 Å². The van der Waals surface area contributed by atoms with Crippen LogP contribution in [-0.4, -0.2) is 48.1 Å². The monoisotopic (exact) mass is 397 g/mol. The van der Waals surface area contributed by atoms with Crippen LogP contribution >= 0.6 is 0 Å². The molecule has 0 saturated heterocycles. The fourth-order valence-corrected chi connectivity index (χ4v) is 2.40. The Labute approximate surface area is 158 Å². The van der Waals surface area contributed by atoms with Gasteiger partial charge in [-0.05, 0) is 24.3 Å². The van der Waals surface area contributed by atoms with E-state index >= 15 is 0 Å². The van der Waals surface area contributed by atoms with E-state index in [1.165, 1.54) is 44.8 Å². The number of alkyl halides is 2. The molecule has 0 spiro atoms. The lowest BCUT2D eigenvalue weighted by Crippen LogP contribution is -2.44. The Kier molecular flexibility index (Phi) is 6.91. The highest BCUT2D eigenvalue weighted by atomic mass is 19.3. The molecule has 0 amide bonds. The molecule has 150 valence electrons. The highest BCUT2D eigenvalue weighted by Crippen LogP contribution is 2.39. The van der Waals surface area contributed by atoms with Crippen LogP contribution in [0.5, 0.6) is 0 Å². The summed E-state index contributed by atoms with van der Waals surface area (Å²) in [4.78, 5) is 29.4. The third kappa shape index (κ3) is 5.41. The summed E-state index contributed by atoms with van der Waals surface area (Å²) in [5.74, 6) is -4.36. The summed E-state index contributed by atoms with van der Waals surface area (Å²) in [6, 6.07) is 5.57. The maximum Gasteiger partial charge on any atom is 0.342 e. The van der Waals surface area contributed by atoms with Crippen molar-refractivity contribution in [3.63, 3.8) is 0 Å². The highest BCUT2D eigenvalue weighted by Gasteiger charge is 2.45. The molecule has 10 heteroatoms. The van der Waals surface area contributed by atoms with Crippen LogP contribution in [0.1, 0.15) is 33.6 Å². The van der Waals surface area contributed by atoms with Crippen molar-refractivity contribution < 1.29 is 32.2 Å². The van der Waals surface area contributed by atoms with E-state index in [0.717, 1.165) is 0 Å². The van der Waals surface area contributed by atoms with Gasteiger partial charge in [-0.2, -0.15) is 4.39 Å². The molecule has 2 aromatic rings. The van der Waals surface area contributed by atoms with Gasteiger partial charge < -0.3 is 14.8 Å². The molecule has 3 rings (SSSR count). The van der Waals surface area contributed by atoms with Crippen molar-refractivity contribution in [2.45, 2.75) is 24.8 Å². The van der Waals surface area contributed by atoms with Gasteiger partial charge in [-0.1, -0.05) is 0 Å². The van der Waals surface area contributed by atoms with Crippen molar-refractivity contribution in [3.05, 3.63) is 53.7 Å². The first-order valence-electron chi connectivity index (χ1n) is 8.14. The van der Waals surface area contributed by atoms with Gasteiger partial charge in [0.2, 0.25) is 5.95 Å². The Balaban J connectivity index is 0.000000221. The molecular formula is C18H18F3N3O4. The number of methoxy groups -OCH3 is 2. The minimum Gasteiger partial charge on any atom is -0.465 e. The van der Waals surface area contributed by atoms with Crippen LogP contribution in [0.25, 0.3) is 0 Å². The molecule has 0 aliphatic heterocycles. The second kappa shape index (κ2) is 9.16. The third-order valence-corrected chi connectivity index (χ3v) is 3.81. The predicted molar refractivity (Wildman–Crippen MR) is 92.7 cm³/mol. The number of pyridine rings is 2. The van der Waals surface area contributed by atoms with E-state index < -0.39 is 23.8 Å². The van der Waals surface area contributed by atoms with Crippen LogP contribution in [0.15, 0.2) is 36.7 Å². The maximum absolute atomic E-state index is 12.7. The van der Waals surface area contributed by atoms with Crippen molar-refractivity contribution in [2.75, 3.05) is 19.5 Å². The number of anilines is 1. The Bertz CT molecular complexity index is 840. The number of aromatic nitrogens is 2. The van der Waals surface area contributed by atoms with Crippen LogP contribution in [0.4, 0.5) is 19.0 Å². The predicted octanol–water partition coefficient (Wildman–Crippen LogP) is 3.09. The Morgan fingerprint density at radius 1 is 1.04 bits per heavy atom. The summed E-state index contributed by atoms with van der Waals surface area (Å²) >= 11 is 0. The van der Waals surface area contributed by atoms with Gasteiger partial charge >= 0.3 is 11.9 Å². The van der Waals surface area contributed by atoms with Crippen molar-refractivity contribution in [3.8, 4) is 0 Å². The summed E-state index contributed by atoms with van der Waals surface area (Å²) in [7, 11) is 2.45. The topological polar surface area (TPSA) is 90.4 Å². The number of rotatable bonds is 4. The van der Waals surface area contributed by atoms with Gasteiger partial charge in [-0.3, -0.25) is 0 Å². The van der Waals surface area contributed by atoms with E-state index in [4.69, 9.17) is 0 Å². The highest BCUT2D eigenvalue weighted by molar-refractivity contribution is 5.94. The number of nitrogens with one attached hydrogen (secondary N) is 1. The molecule has 0 aromatic carbocycles. The van der Waals surface area contributed by atoms with E-state index in [-0.39, 0.29) is 30.0 Å². The molecule has 0 radical (unpaired) electrons. The van der Waals surface area contributed by atoms with Gasteiger partial charge in [0.05, 0.1) is 14.2 Å². The lowest BCUT2D eigenvalue weighted by Gasteiger charge is -2.35. The summed E-state index contributed by atoms with van der Waals surface area (Å²) in [5.41, 5.74) is 0.111. The summed E-state index contributed by atoms with van der Waals surface area (Å²) in [6.45, 7) is 0. The number of nitrogens with zero attached hydrogens (tertiary/aromatic N) is 2. The van der Waals surface area contributed by atoms with Gasteiger partial charge in [-0.15, -0.1) is 0 Å². The largest absolute Gasteiger partial charge is 0.465 e. The van der Waals surface area contributed by atoms with Gasteiger partial charge in [0.25, 0.3) is 5.92 Å². The Hall–Kier alpha value is -3.17. The number of carbonyl (C=O) groups is 2. The number of hydrogen-bond acceptors (Lipinski definition) is 7. The quantitative estimate of drug-likeness (QED) is 0.626. The maximum atomic E-state index is 12.7. The first-order valence-corrected chi connectivity index (χ1v) is 8.14. The summed E-state index contributed by atoms with van der Waals surface area (Å²) < 4.78 is 46.8. The first kappa shape index (κ1) is 21.1. The number of ether oxygens (including phenoxy) is 2. The minimum absolute atomic E-state index is 0.144. The molecule has 1 fully saturated rings. The van der Waals surface area contributed by atoms with Crippen molar-refractivity contribution in [1.82, 2.24) is 9.97 Å². The van der Waals surface area contributed by atoms with Gasteiger partial charge in [-0.25, -0.2) is 28.3 Å². The van der Waals surface area contributed by atoms with Gasteiger partial charge in [0, 0.05) is 31.3 Å². The summed E-state index contributed by atoms with van der Waals surface area (Å²) in [6.07, 6.45) is 2.29. The van der Waals surface area contributed by atoms with E-state index in [9.17, 15) is 22.8 Å². The molecule has 7 nitrogen and oxygen atoms in total. The molecule has 1 N–H and O–H groups in total. The second-order valence-electron chi connectivity index (χ2n) is 5.83. The van der Waals surface area contributed by atoms with E-state index in [0.29, 0.717) is 5.82 Å². The average molecular weight is 397 g/mol. The average Bonchev–Trinajstić information content (AvgIpc) is 2.66. The van der Waals surface area contributed by atoms with Crippen molar-refractivity contribution >= 4 is 17.8 Å². The third-order valence-electron chi connectivity index (χ3n) is 3.81. The van der Waals surface area contributed by atoms with Crippen molar-refractivity contribution in [2.24, 2.45) is 0 Å². The minimum atomic E-state index is -2.60. The molecular weight excluding hydrogens is 379 g/mol. The van der Waals surface area contributed by atoms with Crippen LogP contribution in [0.3, 0.4) is 0 Å². The zero-order chi connectivity index (χ0) is 20.7. The Morgan fingerprint density at radius 3 is 2.11 bits per heavy atom. The van der Waals surface area contributed by atoms with E-state index in [2.05, 4.69) is 24.8 Å². The fourth-order valence-electron chi connectivity index (χ4n) is 2.40. The zero-order valence-electron chi connectivity index (χ0n) is 15.1. The number of esters is 2. The number of hydrogen-bond donors (Lipinski definition) is 1. The zero-order valence-corrected chi connectivity index (χ0v) is 15.1. The SMILES string of the molecule is COC(=O)c1cccnc1F.COC(=O)c1cccnc1NC1CC(F)(F)C1. The molecule has 28 heavy (non-hydrogen) atoms. The van der Waals surface area contributed by atoms with Gasteiger partial charge in [0.15, 0.2) is 0 Å². The van der Waals surface area contributed by atoms with Crippen LogP contribution < -0.4 is 5.32 Å². The molecule has 2 heterocycles. The summed E-state index contributed by atoms with van der Waals surface area (Å²) in [5, 5.41) is 2.83. The number of halogens is 3. The molecule has 2 aromatic heterocycles.